The van der Waals surface area contributed by atoms with Gasteiger partial charge in [-0.2, -0.15) is 4.57 Å². The minimum atomic E-state index is -1.26. The number of pyridine rings is 1. The van der Waals surface area contributed by atoms with Gasteiger partial charge in [0.2, 0.25) is 6.10 Å². The van der Waals surface area contributed by atoms with Gasteiger partial charge in [0.15, 0.2) is 18.5 Å². The molecule has 1 aromatic heterocycles. The second kappa shape index (κ2) is 14.3. The highest BCUT2D eigenvalue weighted by molar-refractivity contribution is 5.94. The van der Waals surface area contributed by atoms with Crippen LogP contribution in [0, 0.1) is 0 Å². The van der Waals surface area contributed by atoms with Crippen molar-refractivity contribution >= 4 is 29.6 Å². The number of carbonyl (C=O) groups is 4. The molecule has 0 aliphatic carbocycles. The Morgan fingerprint density at radius 3 is 1.73 bits per heavy atom. The van der Waals surface area contributed by atoms with Crippen LogP contribution in [0.25, 0.3) is 0 Å². The maximum Gasteiger partial charge on any atom is 0.346 e. The van der Waals surface area contributed by atoms with Crippen LogP contribution in [0.15, 0.2) is 109 Å². The molecule has 2 N–H and O–H groups in total. The van der Waals surface area contributed by atoms with E-state index in [1.165, 1.54) is 23.0 Å². The summed E-state index contributed by atoms with van der Waals surface area (Å²) in [6.07, 6.45) is -1.79. The molecule has 4 unspecified atom stereocenters. The lowest BCUT2D eigenvalue weighted by atomic mass is 10.1. The molecule has 0 bridgehead atoms. The summed E-state index contributed by atoms with van der Waals surface area (Å²) in [7, 11) is 0. The lowest BCUT2D eigenvalue weighted by Crippen LogP contribution is -2.49. The molecule has 4 atom stereocenters. The largest absolute Gasteiger partial charge is 0.462 e. The Labute approximate surface area is 259 Å². The van der Waals surface area contributed by atoms with Crippen molar-refractivity contribution in [3.05, 3.63) is 132 Å². The molecule has 1 saturated heterocycles. The van der Waals surface area contributed by atoms with E-state index in [1.54, 1.807) is 97.9 Å². The number of rotatable bonds is 10. The minimum absolute atomic E-state index is 0.0490. The topological polar surface area (TPSA) is 144 Å². The van der Waals surface area contributed by atoms with Crippen molar-refractivity contribution in [2.24, 2.45) is 0 Å². The highest BCUT2D eigenvalue weighted by Crippen LogP contribution is 2.33. The zero-order valence-corrected chi connectivity index (χ0v) is 24.3. The first kappa shape index (κ1) is 30.9. The van der Waals surface area contributed by atoms with Gasteiger partial charge in [-0.1, -0.05) is 54.6 Å². The Balaban J connectivity index is 1.52. The summed E-state index contributed by atoms with van der Waals surface area (Å²) in [5.74, 6) is -2.71. The van der Waals surface area contributed by atoms with Gasteiger partial charge in [0.25, 0.3) is 0 Å². The van der Waals surface area contributed by atoms with E-state index in [4.69, 9.17) is 29.4 Å². The number of aromatic nitrogens is 1. The third-order valence-corrected chi connectivity index (χ3v) is 6.98. The second-order valence-electron chi connectivity index (χ2n) is 9.98. The molecule has 11 heteroatoms. The minimum Gasteiger partial charge on any atom is -0.462 e. The molecular weight excluding hydrogens is 580 g/mol. The average Bonchev–Trinajstić information content (AvgIpc) is 3.41. The number of nitrogens with two attached hydrogens (primary N) is 1. The lowest BCUT2D eigenvalue weighted by Gasteiger charge is -2.23. The Kier molecular flexibility index (Phi) is 9.80. The number of nitrogen functional groups attached to an aromatic ring is 1. The summed E-state index contributed by atoms with van der Waals surface area (Å²) >= 11 is 0. The SMILES string of the molecule is CCOC(=O)c1c[n+](C2OC(COC(=O)c3ccccc3)C(OC(=O)c3ccccc3)C2OC(=O)c2ccccc2)ccc1N. The molecule has 4 aromatic rings. The Bertz CT molecular complexity index is 1650. The monoisotopic (exact) mass is 611 g/mol. The summed E-state index contributed by atoms with van der Waals surface area (Å²) in [4.78, 5) is 52.1. The van der Waals surface area contributed by atoms with Gasteiger partial charge in [-0.3, -0.25) is 0 Å². The summed E-state index contributed by atoms with van der Waals surface area (Å²) < 4.78 is 30.4. The number of ether oxygens (including phenoxy) is 5. The molecule has 2 heterocycles. The number of esters is 4. The zero-order chi connectivity index (χ0) is 31.8. The van der Waals surface area contributed by atoms with Crippen molar-refractivity contribution in [2.75, 3.05) is 18.9 Å². The summed E-state index contributed by atoms with van der Waals surface area (Å²) in [6.45, 7) is 1.44. The van der Waals surface area contributed by atoms with E-state index in [2.05, 4.69) is 0 Å². The Morgan fingerprint density at radius 1 is 0.689 bits per heavy atom. The lowest BCUT2D eigenvalue weighted by molar-refractivity contribution is -0.765. The number of hydrogen-bond acceptors (Lipinski definition) is 10. The fourth-order valence-electron chi connectivity index (χ4n) is 4.76. The third-order valence-electron chi connectivity index (χ3n) is 6.98. The molecule has 0 amide bonds. The molecular formula is C34H31N2O9+. The summed E-state index contributed by atoms with van der Waals surface area (Å²) in [5.41, 5.74) is 7.07. The molecule has 45 heavy (non-hydrogen) atoms. The van der Waals surface area contributed by atoms with Gasteiger partial charge >= 0.3 is 30.1 Å². The van der Waals surface area contributed by atoms with Crippen molar-refractivity contribution in [3.63, 3.8) is 0 Å². The van der Waals surface area contributed by atoms with Gasteiger partial charge in [0.1, 0.15) is 18.3 Å². The summed E-state index contributed by atoms with van der Waals surface area (Å²) in [5, 5.41) is 0. The molecule has 1 fully saturated rings. The average molecular weight is 612 g/mol. The van der Waals surface area contributed by atoms with Crippen LogP contribution in [-0.2, 0) is 23.7 Å². The van der Waals surface area contributed by atoms with Crippen LogP contribution in [0.5, 0.6) is 0 Å². The number of hydrogen-bond donors (Lipinski definition) is 1. The van der Waals surface area contributed by atoms with Gasteiger partial charge in [-0.15, -0.1) is 0 Å². The highest BCUT2D eigenvalue weighted by Gasteiger charge is 2.55. The van der Waals surface area contributed by atoms with Gasteiger partial charge in [0.05, 0.1) is 29.0 Å². The number of nitrogens with zero attached hydrogens (tertiary/aromatic N) is 1. The van der Waals surface area contributed by atoms with E-state index in [0.29, 0.717) is 5.56 Å². The van der Waals surface area contributed by atoms with Crippen molar-refractivity contribution in [1.82, 2.24) is 0 Å². The first-order valence-electron chi connectivity index (χ1n) is 14.2. The molecule has 1 aliphatic rings. The van der Waals surface area contributed by atoms with Crippen molar-refractivity contribution in [2.45, 2.75) is 31.5 Å². The number of benzene rings is 3. The first-order chi connectivity index (χ1) is 21.9. The van der Waals surface area contributed by atoms with Gasteiger partial charge in [-0.25, -0.2) is 19.2 Å². The fraction of sp³-hybridized carbons (Fsp3) is 0.206. The van der Waals surface area contributed by atoms with E-state index in [9.17, 15) is 19.2 Å². The molecule has 0 saturated carbocycles. The number of carbonyl (C=O) groups excluding carboxylic acids is 4. The molecule has 1 aliphatic heterocycles. The predicted molar refractivity (Wildman–Crippen MR) is 159 cm³/mol. The third kappa shape index (κ3) is 7.34. The molecule has 11 nitrogen and oxygen atoms in total. The maximum atomic E-state index is 13.3. The van der Waals surface area contributed by atoms with Crippen LogP contribution in [0.1, 0.15) is 54.6 Å². The molecule has 5 rings (SSSR count). The van der Waals surface area contributed by atoms with Crippen LogP contribution in [-0.4, -0.2) is 55.4 Å². The van der Waals surface area contributed by atoms with Crippen molar-refractivity contribution in [1.29, 1.82) is 0 Å². The van der Waals surface area contributed by atoms with E-state index in [-0.39, 0.29) is 35.6 Å². The van der Waals surface area contributed by atoms with Crippen LogP contribution in [0.3, 0.4) is 0 Å². The standard InChI is InChI=1S/C34H30N2O9/c1-2-41-34(40)25-20-36(19-18-26(25)35)30-29(45-33(39)24-16-10-5-11-17-24)28(44-32(38)23-14-8-4-9-15-23)27(43-30)21-42-31(37)22-12-6-3-7-13-22/h3-20,27-30,35H,2,21H2,1H3/p+1. The molecule has 0 radical (unpaired) electrons. The zero-order valence-electron chi connectivity index (χ0n) is 24.3. The smallest absolute Gasteiger partial charge is 0.346 e. The van der Waals surface area contributed by atoms with E-state index in [1.807, 2.05) is 0 Å². The van der Waals surface area contributed by atoms with Gasteiger partial charge in [0, 0.05) is 6.07 Å². The van der Waals surface area contributed by atoms with Crippen molar-refractivity contribution in [3.8, 4) is 0 Å². The summed E-state index contributed by atoms with van der Waals surface area (Å²) in [6, 6.07) is 26.3. The van der Waals surface area contributed by atoms with Crippen LogP contribution in [0.2, 0.25) is 0 Å². The highest BCUT2D eigenvalue weighted by atomic mass is 16.7. The Hall–Kier alpha value is -5.55. The van der Waals surface area contributed by atoms with Gasteiger partial charge < -0.3 is 29.4 Å². The van der Waals surface area contributed by atoms with Crippen LogP contribution in [0.4, 0.5) is 5.69 Å². The van der Waals surface area contributed by atoms with Crippen molar-refractivity contribution < 1.29 is 47.4 Å². The molecule has 230 valence electrons. The Morgan fingerprint density at radius 2 is 1.20 bits per heavy atom. The fourth-order valence-corrected chi connectivity index (χ4v) is 4.76. The maximum absolute atomic E-state index is 13.3. The van der Waals surface area contributed by atoms with Crippen LogP contribution < -0.4 is 10.3 Å². The van der Waals surface area contributed by atoms with E-state index in [0.717, 1.165) is 0 Å². The second-order valence-corrected chi connectivity index (χ2v) is 9.98. The van der Waals surface area contributed by atoms with Crippen LogP contribution >= 0.6 is 0 Å². The molecule has 0 spiro atoms. The van der Waals surface area contributed by atoms with E-state index < -0.39 is 48.4 Å². The van der Waals surface area contributed by atoms with E-state index >= 15 is 0 Å². The number of anilines is 1. The normalized spacial score (nSPS) is 18.9. The van der Waals surface area contributed by atoms with Gasteiger partial charge in [-0.05, 0) is 43.3 Å². The first-order valence-corrected chi connectivity index (χ1v) is 14.2. The predicted octanol–water partition coefficient (Wildman–Crippen LogP) is 3.94. The quantitative estimate of drug-likeness (QED) is 0.159. The molecule has 3 aromatic carbocycles.